The van der Waals surface area contributed by atoms with Crippen molar-refractivity contribution in [2.24, 2.45) is 0 Å². The number of carbonyl (C=O) groups is 2. The van der Waals surface area contributed by atoms with Crippen molar-refractivity contribution in [3.8, 4) is 17.1 Å². The number of anilines is 1. The number of aromatic nitrogens is 4. The molecule has 4 aromatic rings. The van der Waals surface area contributed by atoms with E-state index >= 15 is 0 Å². The summed E-state index contributed by atoms with van der Waals surface area (Å²) in [5.74, 6) is 2.19. The number of hydrogen-bond donors (Lipinski definition) is 1. The molecule has 4 heterocycles. The first-order chi connectivity index (χ1) is 20.5. The Bertz CT molecular complexity index is 1530. The predicted octanol–water partition coefficient (Wildman–Crippen LogP) is 2.99. The molecule has 0 radical (unpaired) electrons. The van der Waals surface area contributed by atoms with E-state index < -0.39 is 0 Å². The normalized spacial score (nSPS) is 15.9. The van der Waals surface area contributed by atoms with Crippen molar-refractivity contribution in [3.05, 3.63) is 66.5 Å². The number of amides is 2. The minimum absolute atomic E-state index is 0.0429. The number of likely N-dealkylation sites (tertiary alicyclic amines) is 1. The molecule has 2 aliphatic rings. The third-order valence-electron chi connectivity index (χ3n) is 7.83. The second kappa shape index (κ2) is 12.6. The molecule has 11 heteroatoms. The number of nitrogens with one attached hydrogen (secondary N) is 1. The summed E-state index contributed by atoms with van der Waals surface area (Å²) in [6.45, 7) is 6.18. The molecule has 0 spiro atoms. The molecule has 1 N–H and O–H groups in total. The summed E-state index contributed by atoms with van der Waals surface area (Å²) >= 11 is 0. The first-order valence-electron chi connectivity index (χ1n) is 14.6. The van der Waals surface area contributed by atoms with Gasteiger partial charge in [-0.1, -0.05) is 30.3 Å². The lowest BCUT2D eigenvalue weighted by atomic mass is 10.1. The van der Waals surface area contributed by atoms with Crippen molar-refractivity contribution in [3.63, 3.8) is 0 Å². The van der Waals surface area contributed by atoms with Gasteiger partial charge in [-0.15, -0.1) is 0 Å². The molecule has 42 heavy (non-hydrogen) atoms. The van der Waals surface area contributed by atoms with Gasteiger partial charge in [-0.25, -0.2) is 15.0 Å². The summed E-state index contributed by atoms with van der Waals surface area (Å²) in [5.41, 5.74) is 2.81. The van der Waals surface area contributed by atoms with E-state index in [1.54, 1.807) is 6.33 Å². The maximum Gasteiger partial charge on any atom is 0.253 e. The van der Waals surface area contributed by atoms with E-state index in [1.165, 1.54) is 0 Å². The molecule has 0 saturated carbocycles. The molecular weight excluding hydrogens is 532 g/mol. The zero-order valence-corrected chi connectivity index (χ0v) is 23.9. The second-order valence-corrected chi connectivity index (χ2v) is 10.8. The Kier molecular flexibility index (Phi) is 8.27. The fourth-order valence-corrected chi connectivity index (χ4v) is 5.34. The number of ether oxygens (including phenoxy) is 1. The minimum atomic E-state index is 0.0429. The lowest BCUT2D eigenvalue weighted by Gasteiger charge is -2.32. The van der Waals surface area contributed by atoms with Gasteiger partial charge in [0.1, 0.15) is 17.9 Å². The highest BCUT2D eigenvalue weighted by molar-refractivity contribution is 5.95. The number of nitrogens with zero attached hydrogens (tertiary/aromatic N) is 7. The zero-order chi connectivity index (χ0) is 28.9. The number of piperazine rings is 1. The van der Waals surface area contributed by atoms with Crippen LogP contribution in [0.25, 0.3) is 22.6 Å². The number of imidazole rings is 1. The lowest BCUT2D eigenvalue weighted by Crippen LogP contribution is -2.47. The summed E-state index contributed by atoms with van der Waals surface area (Å²) in [7, 11) is 2.07. The van der Waals surface area contributed by atoms with Gasteiger partial charge in [0.05, 0.1) is 12.9 Å². The topological polar surface area (TPSA) is 109 Å². The van der Waals surface area contributed by atoms with E-state index in [4.69, 9.17) is 14.7 Å². The summed E-state index contributed by atoms with van der Waals surface area (Å²) in [6, 6.07) is 17.2. The number of benzene rings is 2. The summed E-state index contributed by atoms with van der Waals surface area (Å²) in [6.07, 6.45) is 3.28. The van der Waals surface area contributed by atoms with E-state index in [-0.39, 0.29) is 11.8 Å². The van der Waals surface area contributed by atoms with E-state index in [9.17, 15) is 9.59 Å². The second-order valence-electron chi connectivity index (χ2n) is 10.8. The van der Waals surface area contributed by atoms with Crippen molar-refractivity contribution in [1.29, 1.82) is 0 Å². The number of hydrogen-bond acceptors (Lipinski definition) is 8. The Labute approximate surface area is 245 Å². The number of fused-ring (bicyclic) bond motifs is 1. The Balaban J connectivity index is 1.23. The number of likely N-dealkylation sites (N-methyl/N-ethyl adjacent to an activating group) is 1. The molecule has 0 aliphatic carbocycles. The van der Waals surface area contributed by atoms with Gasteiger partial charge in [-0.3, -0.25) is 9.59 Å². The van der Waals surface area contributed by atoms with Crippen LogP contribution < -0.4 is 10.1 Å². The van der Waals surface area contributed by atoms with Gasteiger partial charge in [0.25, 0.3) is 5.91 Å². The molecule has 0 unspecified atom stereocenters. The maximum absolute atomic E-state index is 13.1. The highest BCUT2D eigenvalue weighted by Crippen LogP contribution is 2.25. The van der Waals surface area contributed by atoms with Crippen molar-refractivity contribution >= 4 is 28.8 Å². The van der Waals surface area contributed by atoms with Crippen LogP contribution >= 0.6 is 0 Å². The molecule has 218 valence electrons. The Morgan fingerprint density at radius 2 is 1.74 bits per heavy atom. The Morgan fingerprint density at radius 3 is 2.48 bits per heavy atom. The standard InChI is InChI=1S/C31H36N8O3/c1-36-15-17-38(18-16-36)31(41)24-11-9-23(10-12-24)28-34-29(32-13-21-42-25-6-3-2-4-7-25)27-30(35-28)39(22-33-27)20-19-37-14-5-8-26(37)40/h2-4,6-7,9-12,22H,5,8,13-21H2,1H3,(H,32,34,35). The Hall–Kier alpha value is -4.51. The van der Waals surface area contributed by atoms with Crippen LogP contribution in [0.4, 0.5) is 5.82 Å². The van der Waals surface area contributed by atoms with Gasteiger partial charge in [-0.05, 0) is 37.7 Å². The van der Waals surface area contributed by atoms with Crippen LogP contribution in [-0.4, -0.2) is 106 Å². The highest BCUT2D eigenvalue weighted by atomic mass is 16.5. The van der Waals surface area contributed by atoms with Crippen molar-refractivity contribution in [2.75, 3.05) is 64.8 Å². The molecule has 11 nitrogen and oxygen atoms in total. The van der Waals surface area contributed by atoms with E-state index in [1.807, 2.05) is 69.0 Å². The molecule has 2 saturated heterocycles. The molecule has 0 bridgehead atoms. The number of carbonyl (C=O) groups excluding carboxylic acids is 2. The molecule has 2 aromatic heterocycles. The van der Waals surface area contributed by atoms with Crippen LogP contribution in [0.15, 0.2) is 60.9 Å². The molecule has 2 fully saturated rings. The quantitative estimate of drug-likeness (QED) is 0.291. The van der Waals surface area contributed by atoms with E-state index in [0.717, 1.165) is 50.5 Å². The summed E-state index contributed by atoms with van der Waals surface area (Å²) in [5, 5.41) is 3.38. The Morgan fingerprint density at radius 1 is 0.952 bits per heavy atom. The van der Waals surface area contributed by atoms with Crippen LogP contribution in [0.2, 0.25) is 0 Å². The average Bonchev–Trinajstić information content (AvgIpc) is 3.64. The smallest absolute Gasteiger partial charge is 0.253 e. The van der Waals surface area contributed by atoms with Crippen LogP contribution in [-0.2, 0) is 11.3 Å². The van der Waals surface area contributed by atoms with Gasteiger partial charge in [-0.2, -0.15) is 0 Å². The van der Waals surface area contributed by atoms with Crippen molar-refractivity contribution in [1.82, 2.24) is 34.2 Å². The minimum Gasteiger partial charge on any atom is -0.492 e. The van der Waals surface area contributed by atoms with Crippen LogP contribution in [0, 0.1) is 0 Å². The maximum atomic E-state index is 13.1. The van der Waals surface area contributed by atoms with E-state index in [0.29, 0.717) is 61.0 Å². The van der Waals surface area contributed by atoms with Gasteiger partial charge in [0.2, 0.25) is 5.91 Å². The van der Waals surface area contributed by atoms with Crippen molar-refractivity contribution in [2.45, 2.75) is 19.4 Å². The monoisotopic (exact) mass is 568 g/mol. The fourth-order valence-electron chi connectivity index (χ4n) is 5.34. The summed E-state index contributed by atoms with van der Waals surface area (Å²) < 4.78 is 7.82. The molecule has 2 amide bonds. The lowest BCUT2D eigenvalue weighted by molar-refractivity contribution is -0.127. The molecule has 6 rings (SSSR count). The number of para-hydroxylation sites is 1. The highest BCUT2D eigenvalue weighted by Gasteiger charge is 2.22. The molecule has 2 aromatic carbocycles. The average molecular weight is 569 g/mol. The van der Waals surface area contributed by atoms with Crippen LogP contribution in [0.1, 0.15) is 23.2 Å². The number of rotatable bonds is 10. The fraction of sp³-hybridized carbons (Fsp3) is 0.387. The largest absolute Gasteiger partial charge is 0.492 e. The van der Waals surface area contributed by atoms with Crippen molar-refractivity contribution < 1.29 is 14.3 Å². The third kappa shape index (κ3) is 6.20. The SMILES string of the molecule is CN1CCN(C(=O)c2ccc(-c3nc(NCCOc4ccccc4)c4ncn(CCN5CCCC5=O)c4n3)cc2)CC1. The van der Waals surface area contributed by atoms with Crippen LogP contribution in [0.3, 0.4) is 0 Å². The predicted molar refractivity (Wildman–Crippen MR) is 160 cm³/mol. The molecule has 2 aliphatic heterocycles. The first kappa shape index (κ1) is 27.6. The zero-order valence-electron chi connectivity index (χ0n) is 23.9. The van der Waals surface area contributed by atoms with Gasteiger partial charge in [0.15, 0.2) is 17.3 Å². The molecule has 0 atom stereocenters. The van der Waals surface area contributed by atoms with E-state index in [2.05, 4.69) is 22.2 Å². The van der Waals surface area contributed by atoms with Gasteiger partial charge < -0.3 is 29.3 Å². The van der Waals surface area contributed by atoms with Gasteiger partial charge in [0, 0.05) is 63.4 Å². The molecular formula is C31H36N8O3. The summed E-state index contributed by atoms with van der Waals surface area (Å²) in [4.78, 5) is 45.6. The van der Waals surface area contributed by atoms with Crippen LogP contribution in [0.5, 0.6) is 5.75 Å². The third-order valence-corrected chi connectivity index (χ3v) is 7.83. The first-order valence-corrected chi connectivity index (χ1v) is 14.6. The van der Waals surface area contributed by atoms with Gasteiger partial charge >= 0.3 is 0 Å².